The number of ether oxygens (including phenoxy) is 1. The fourth-order valence-electron chi connectivity index (χ4n) is 1.65. The molecule has 0 unspecified atom stereocenters. The summed E-state index contributed by atoms with van der Waals surface area (Å²) in [4.78, 5) is 10.3. The Balaban J connectivity index is 2.19. The van der Waals surface area contributed by atoms with Crippen LogP contribution in [0.4, 0.5) is 5.69 Å². The maximum Gasteiger partial charge on any atom is 0.274 e. The molecule has 0 N–H and O–H groups in total. The van der Waals surface area contributed by atoms with Gasteiger partial charge in [-0.1, -0.05) is 34.1 Å². The zero-order chi connectivity index (χ0) is 14.5. The van der Waals surface area contributed by atoms with E-state index in [9.17, 15) is 10.1 Å². The second-order valence-electron chi connectivity index (χ2n) is 3.96. The van der Waals surface area contributed by atoms with Gasteiger partial charge >= 0.3 is 0 Å². The van der Waals surface area contributed by atoms with Gasteiger partial charge in [-0.05, 0) is 12.1 Å². The lowest BCUT2D eigenvalue weighted by atomic mass is 10.1. The maximum atomic E-state index is 10.8. The van der Waals surface area contributed by atoms with Crippen molar-refractivity contribution in [3.05, 3.63) is 68.2 Å². The van der Waals surface area contributed by atoms with E-state index in [2.05, 4.69) is 22.0 Å². The molecule has 0 aliphatic rings. The van der Waals surface area contributed by atoms with Gasteiger partial charge in [0.25, 0.3) is 5.69 Å². The summed E-state index contributed by atoms with van der Waals surface area (Å²) in [7, 11) is 0. The molecular formula is C14H9BrN2O3. The van der Waals surface area contributed by atoms with Gasteiger partial charge in [0.2, 0.25) is 0 Å². The van der Waals surface area contributed by atoms with Gasteiger partial charge in [-0.25, -0.2) is 0 Å². The standard InChI is InChI=1S/C14H9BrN2O3/c15-12-5-13(17(18)19)7-14(6-12)20-9-11-4-2-1-3-10(11)8-16/h1-7H,9H2. The molecule has 20 heavy (non-hydrogen) atoms. The van der Waals surface area contributed by atoms with Gasteiger partial charge in [0, 0.05) is 16.1 Å². The molecule has 0 spiro atoms. The Morgan fingerprint density at radius 3 is 2.75 bits per heavy atom. The molecule has 0 atom stereocenters. The van der Waals surface area contributed by atoms with Crippen LogP contribution in [0.5, 0.6) is 5.75 Å². The van der Waals surface area contributed by atoms with Crippen LogP contribution in [0.1, 0.15) is 11.1 Å². The molecule has 5 nitrogen and oxygen atoms in total. The average molecular weight is 333 g/mol. The quantitative estimate of drug-likeness (QED) is 0.630. The number of nitrogens with zero attached hydrogens (tertiary/aromatic N) is 2. The van der Waals surface area contributed by atoms with E-state index < -0.39 is 4.92 Å². The third-order valence-electron chi connectivity index (χ3n) is 2.60. The molecule has 0 fully saturated rings. The molecule has 0 amide bonds. The van der Waals surface area contributed by atoms with Crippen LogP contribution in [0.25, 0.3) is 0 Å². The Morgan fingerprint density at radius 2 is 2.05 bits per heavy atom. The Kier molecular flexibility index (Phi) is 4.33. The van der Waals surface area contributed by atoms with Crippen molar-refractivity contribution in [2.75, 3.05) is 0 Å². The zero-order valence-corrected chi connectivity index (χ0v) is 11.8. The van der Waals surface area contributed by atoms with E-state index in [0.29, 0.717) is 15.8 Å². The molecule has 2 rings (SSSR count). The number of nitro benzene ring substituents is 1. The van der Waals surface area contributed by atoms with Crippen molar-refractivity contribution >= 4 is 21.6 Å². The highest BCUT2D eigenvalue weighted by atomic mass is 79.9. The molecule has 0 aliphatic heterocycles. The van der Waals surface area contributed by atoms with Gasteiger partial charge in [-0.3, -0.25) is 10.1 Å². The number of benzene rings is 2. The van der Waals surface area contributed by atoms with E-state index in [-0.39, 0.29) is 12.3 Å². The zero-order valence-electron chi connectivity index (χ0n) is 10.2. The van der Waals surface area contributed by atoms with Crippen LogP contribution in [-0.4, -0.2) is 4.92 Å². The lowest BCUT2D eigenvalue weighted by Crippen LogP contribution is -1.99. The Bertz CT molecular complexity index is 695. The van der Waals surface area contributed by atoms with Crippen molar-refractivity contribution in [1.82, 2.24) is 0 Å². The minimum Gasteiger partial charge on any atom is -0.489 e. The molecule has 100 valence electrons. The van der Waals surface area contributed by atoms with Crippen molar-refractivity contribution in [2.24, 2.45) is 0 Å². The van der Waals surface area contributed by atoms with Gasteiger partial charge in [0.15, 0.2) is 0 Å². The first kappa shape index (κ1) is 14.0. The topological polar surface area (TPSA) is 76.2 Å². The van der Waals surface area contributed by atoms with E-state index in [0.717, 1.165) is 5.56 Å². The van der Waals surface area contributed by atoms with Crippen LogP contribution in [-0.2, 0) is 6.61 Å². The van der Waals surface area contributed by atoms with Gasteiger partial charge in [-0.15, -0.1) is 0 Å². The van der Waals surface area contributed by atoms with E-state index >= 15 is 0 Å². The third kappa shape index (κ3) is 3.33. The summed E-state index contributed by atoms with van der Waals surface area (Å²) in [6.45, 7) is 0.178. The highest BCUT2D eigenvalue weighted by Crippen LogP contribution is 2.26. The highest BCUT2D eigenvalue weighted by Gasteiger charge is 2.10. The molecular weight excluding hydrogens is 324 g/mol. The first-order valence-corrected chi connectivity index (χ1v) is 6.45. The number of rotatable bonds is 4. The van der Waals surface area contributed by atoms with Gasteiger partial charge < -0.3 is 4.74 Å². The number of hydrogen-bond donors (Lipinski definition) is 0. The molecule has 0 bridgehead atoms. The Labute approximate surface area is 123 Å². The molecule has 0 aromatic heterocycles. The molecule has 2 aromatic rings. The second kappa shape index (κ2) is 6.17. The van der Waals surface area contributed by atoms with Gasteiger partial charge in [0.05, 0.1) is 22.6 Å². The summed E-state index contributed by atoms with van der Waals surface area (Å²) in [5.74, 6) is 0.374. The van der Waals surface area contributed by atoms with Crippen molar-refractivity contribution < 1.29 is 9.66 Å². The lowest BCUT2D eigenvalue weighted by molar-refractivity contribution is -0.385. The minimum absolute atomic E-state index is 0.0528. The summed E-state index contributed by atoms with van der Waals surface area (Å²) in [6.07, 6.45) is 0. The number of halogens is 1. The normalized spacial score (nSPS) is 9.80. The number of hydrogen-bond acceptors (Lipinski definition) is 4. The first-order chi connectivity index (χ1) is 9.60. The van der Waals surface area contributed by atoms with E-state index in [1.54, 1.807) is 24.3 Å². The predicted molar refractivity (Wildman–Crippen MR) is 76.3 cm³/mol. The van der Waals surface area contributed by atoms with Gasteiger partial charge in [0.1, 0.15) is 12.4 Å². The number of nitro groups is 1. The smallest absolute Gasteiger partial charge is 0.274 e. The molecule has 0 saturated heterocycles. The van der Waals surface area contributed by atoms with Crippen LogP contribution in [0, 0.1) is 21.4 Å². The Hall–Kier alpha value is -2.39. The number of non-ortho nitro benzene ring substituents is 1. The summed E-state index contributed by atoms with van der Waals surface area (Å²) < 4.78 is 6.09. The second-order valence-corrected chi connectivity index (χ2v) is 4.88. The van der Waals surface area contributed by atoms with Crippen LogP contribution in [0.15, 0.2) is 46.9 Å². The maximum absolute atomic E-state index is 10.8. The first-order valence-electron chi connectivity index (χ1n) is 5.66. The molecule has 6 heteroatoms. The van der Waals surface area contributed by atoms with Crippen LogP contribution in [0.3, 0.4) is 0 Å². The van der Waals surface area contributed by atoms with Crippen LogP contribution >= 0.6 is 15.9 Å². The van der Waals surface area contributed by atoms with Crippen LogP contribution < -0.4 is 4.74 Å². The monoisotopic (exact) mass is 332 g/mol. The fourth-order valence-corrected chi connectivity index (χ4v) is 2.11. The van der Waals surface area contributed by atoms with E-state index in [4.69, 9.17) is 10.00 Å². The lowest BCUT2D eigenvalue weighted by Gasteiger charge is -2.08. The van der Waals surface area contributed by atoms with Crippen LogP contribution in [0.2, 0.25) is 0 Å². The molecule has 2 aromatic carbocycles. The molecule has 0 radical (unpaired) electrons. The summed E-state index contributed by atoms with van der Waals surface area (Å²) in [5.41, 5.74) is 1.21. The molecule has 0 heterocycles. The largest absolute Gasteiger partial charge is 0.489 e. The van der Waals surface area contributed by atoms with E-state index in [1.165, 1.54) is 12.1 Å². The number of nitriles is 1. The van der Waals surface area contributed by atoms with Crippen molar-refractivity contribution in [3.8, 4) is 11.8 Å². The van der Waals surface area contributed by atoms with E-state index in [1.807, 2.05) is 6.07 Å². The summed E-state index contributed by atoms with van der Waals surface area (Å²) >= 11 is 3.20. The predicted octanol–water partition coefficient (Wildman–Crippen LogP) is 3.81. The van der Waals surface area contributed by atoms with Crippen molar-refractivity contribution in [3.63, 3.8) is 0 Å². The fraction of sp³-hybridized carbons (Fsp3) is 0.0714. The SMILES string of the molecule is N#Cc1ccccc1COc1cc(Br)cc([N+](=O)[O-])c1. The highest BCUT2D eigenvalue weighted by molar-refractivity contribution is 9.10. The minimum atomic E-state index is -0.485. The molecule has 0 aliphatic carbocycles. The molecule has 0 saturated carbocycles. The summed E-state index contributed by atoms with van der Waals surface area (Å²) in [5, 5.41) is 19.7. The van der Waals surface area contributed by atoms with Crippen molar-refractivity contribution in [2.45, 2.75) is 6.61 Å². The average Bonchev–Trinajstić information content (AvgIpc) is 2.44. The van der Waals surface area contributed by atoms with Crippen molar-refractivity contribution in [1.29, 1.82) is 5.26 Å². The third-order valence-corrected chi connectivity index (χ3v) is 3.06. The summed E-state index contributed by atoms with van der Waals surface area (Å²) in [6, 6.07) is 13.5. The Morgan fingerprint density at radius 1 is 1.30 bits per heavy atom. The van der Waals surface area contributed by atoms with Gasteiger partial charge in [-0.2, -0.15) is 5.26 Å².